The second kappa shape index (κ2) is 5.33. The zero-order valence-corrected chi connectivity index (χ0v) is 10.5. The maximum absolute atomic E-state index is 10.8. The van der Waals surface area contributed by atoms with Crippen LogP contribution in [0.1, 0.15) is 20.3 Å². The standard InChI is InChI=1S/C11H15ClN2O3/c1-3-11(2,13)7-17-10-8(12)5-4-6-9(10)14(15)16/h4-6H,3,7,13H2,1-2H3. The molecule has 0 bridgehead atoms. The van der Waals surface area contributed by atoms with Gasteiger partial charge in [-0.25, -0.2) is 0 Å². The number of nitro benzene ring substituents is 1. The molecule has 0 amide bonds. The summed E-state index contributed by atoms with van der Waals surface area (Å²) in [5, 5.41) is 11.0. The summed E-state index contributed by atoms with van der Waals surface area (Å²) in [6, 6.07) is 4.40. The molecule has 6 heteroatoms. The van der Waals surface area contributed by atoms with Gasteiger partial charge in [-0.1, -0.05) is 24.6 Å². The highest BCUT2D eigenvalue weighted by molar-refractivity contribution is 6.32. The molecule has 94 valence electrons. The second-order valence-electron chi connectivity index (χ2n) is 4.14. The molecule has 0 fully saturated rings. The molecular formula is C11H15ClN2O3. The SMILES string of the molecule is CCC(C)(N)COc1c(Cl)cccc1[N+](=O)[O-]. The third-order valence-electron chi connectivity index (χ3n) is 2.50. The Morgan fingerprint density at radius 3 is 2.76 bits per heavy atom. The summed E-state index contributed by atoms with van der Waals surface area (Å²) in [6.07, 6.45) is 0.700. The Morgan fingerprint density at radius 2 is 2.24 bits per heavy atom. The Kier molecular flexibility index (Phi) is 4.31. The molecule has 5 nitrogen and oxygen atoms in total. The predicted molar refractivity (Wildman–Crippen MR) is 66.5 cm³/mol. The van der Waals surface area contributed by atoms with E-state index >= 15 is 0 Å². The van der Waals surface area contributed by atoms with Crippen molar-refractivity contribution in [2.45, 2.75) is 25.8 Å². The Balaban J connectivity index is 2.94. The van der Waals surface area contributed by atoms with Gasteiger partial charge in [-0.3, -0.25) is 10.1 Å². The minimum atomic E-state index is -0.535. The van der Waals surface area contributed by atoms with Crippen molar-refractivity contribution < 1.29 is 9.66 Å². The quantitative estimate of drug-likeness (QED) is 0.651. The molecule has 1 unspecified atom stereocenters. The van der Waals surface area contributed by atoms with Crippen molar-refractivity contribution in [3.05, 3.63) is 33.3 Å². The average molecular weight is 259 g/mol. The number of rotatable bonds is 5. The van der Waals surface area contributed by atoms with Crippen molar-refractivity contribution in [1.82, 2.24) is 0 Å². The second-order valence-corrected chi connectivity index (χ2v) is 4.55. The first kappa shape index (κ1) is 13.7. The number of hydrogen-bond acceptors (Lipinski definition) is 4. The van der Waals surface area contributed by atoms with Gasteiger partial charge < -0.3 is 10.5 Å². The van der Waals surface area contributed by atoms with Crippen LogP contribution in [0.15, 0.2) is 18.2 Å². The van der Waals surface area contributed by atoms with Crippen LogP contribution in [0.25, 0.3) is 0 Å². The molecule has 0 radical (unpaired) electrons. The van der Waals surface area contributed by atoms with E-state index in [9.17, 15) is 10.1 Å². The molecule has 2 N–H and O–H groups in total. The zero-order valence-electron chi connectivity index (χ0n) is 9.77. The van der Waals surface area contributed by atoms with Gasteiger partial charge in [0, 0.05) is 11.6 Å². The Hall–Kier alpha value is -1.33. The predicted octanol–water partition coefficient (Wildman–Crippen LogP) is 2.75. The maximum Gasteiger partial charge on any atom is 0.312 e. The molecule has 1 atom stereocenters. The molecule has 0 aromatic heterocycles. The van der Waals surface area contributed by atoms with Crippen LogP contribution in [-0.2, 0) is 0 Å². The largest absolute Gasteiger partial charge is 0.484 e. The number of nitrogens with two attached hydrogens (primary N) is 1. The third kappa shape index (κ3) is 3.57. The van der Waals surface area contributed by atoms with E-state index in [0.29, 0.717) is 6.42 Å². The number of ether oxygens (including phenoxy) is 1. The van der Waals surface area contributed by atoms with E-state index in [2.05, 4.69) is 0 Å². The molecule has 1 aromatic rings. The van der Waals surface area contributed by atoms with Crippen LogP contribution < -0.4 is 10.5 Å². The minimum Gasteiger partial charge on any atom is -0.484 e. The van der Waals surface area contributed by atoms with Gasteiger partial charge in [0.2, 0.25) is 5.75 Å². The highest BCUT2D eigenvalue weighted by Crippen LogP contribution is 2.34. The van der Waals surface area contributed by atoms with E-state index in [0.717, 1.165) is 0 Å². The van der Waals surface area contributed by atoms with Crippen LogP contribution in [-0.4, -0.2) is 17.1 Å². The molecule has 0 heterocycles. The lowest BCUT2D eigenvalue weighted by molar-refractivity contribution is -0.385. The molecule has 0 saturated carbocycles. The topological polar surface area (TPSA) is 78.4 Å². The summed E-state index contributed by atoms with van der Waals surface area (Å²) in [6.45, 7) is 3.91. The summed E-state index contributed by atoms with van der Waals surface area (Å²) < 4.78 is 5.39. The lowest BCUT2D eigenvalue weighted by Crippen LogP contribution is -2.41. The van der Waals surface area contributed by atoms with Gasteiger partial charge >= 0.3 is 5.69 Å². The van der Waals surface area contributed by atoms with E-state index in [1.165, 1.54) is 12.1 Å². The number of benzene rings is 1. The van der Waals surface area contributed by atoms with E-state index in [4.69, 9.17) is 22.1 Å². The van der Waals surface area contributed by atoms with Crippen LogP contribution >= 0.6 is 11.6 Å². The molecule has 0 aliphatic carbocycles. The first-order chi connectivity index (χ1) is 7.87. The van der Waals surface area contributed by atoms with Crippen molar-refractivity contribution in [3.8, 4) is 5.75 Å². The molecule has 0 spiro atoms. The monoisotopic (exact) mass is 258 g/mol. The van der Waals surface area contributed by atoms with Crippen LogP contribution in [0.5, 0.6) is 5.75 Å². The van der Waals surface area contributed by atoms with Gasteiger partial charge in [-0.2, -0.15) is 0 Å². The normalized spacial score (nSPS) is 14.1. The number of hydrogen-bond donors (Lipinski definition) is 1. The molecule has 0 aliphatic rings. The van der Waals surface area contributed by atoms with Crippen molar-refractivity contribution in [1.29, 1.82) is 0 Å². The van der Waals surface area contributed by atoms with Gasteiger partial charge in [0.15, 0.2) is 0 Å². The highest BCUT2D eigenvalue weighted by Gasteiger charge is 2.22. The van der Waals surface area contributed by atoms with E-state index < -0.39 is 10.5 Å². The molecule has 1 rings (SSSR count). The summed E-state index contributed by atoms with van der Waals surface area (Å²) in [4.78, 5) is 10.3. The fraction of sp³-hybridized carbons (Fsp3) is 0.455. The van der Waals surface area contributed by atoms with Crippen LogP contribution in [0.3, 0.4) is 0 Å². The molecule has 17 heavy (non-hydrogen) atoms. The Bertz CT molecular complexity index is 421. The fourth-order valence-electron chi connectivity index (χ4n) is 1.12. The van der Waals surface area contributed by atoms with Gasteiger partial charge in [-0.15, -0.1) is 0 Å². The summed E-state index contributed by atoms with van der Waals surface area (Å²) in [7, 11) is 0. The van der Waals surface area contributed by atoms with Crippen LogP contribution in [0, 0.1) is 10.1 Å². The lowest BCUT2D eigenvalue weighted by atomic mass is 10.0. The van der Waals surface area contributed by atoms with Crippen LogP contribution in [0.4, 0.5) is 5.69 Å². The van der Waals surface area contributed by atoms with Gasteiger partial charge in [0.1, 0.15) is 6.61 Å². The smallest absolute Gasteiger partial charge is 0.312 e. The Labute approximate surface area is 105 Å². The third-order valence-corrected chi connectivity index (χ3v) is 2.79. The zero-order chi connectivity index (χ0) is 13.1. The average Bonchev–Trinajstić information content (AvgIpc) is 2.27. The number of nitro groups is 1. The Morgan fingerprint density at radius 1 is 1.59 bits per heavy atom. The van der Waals surface area contributed by atoms with Crippen LogP contribution in [0.2, 0.25) is 5.02 Å². The van der Waals surface area contributed by atoms with Crippen molar-refractivity contribution in [3.63, 3.8) is 0 Å². The number of nitrogens with zero attached hydrogens (tertiary/aromatic N) is 1. The molecular weight excluding hydrogens is 244 g/mol. The van der Waals surface area contributed by atoms with Crippen molar-refractivity contribution >= 4 is 17.3 Å². The first-order valence-electron chi connectivity index (χ1n) is 5.22. The highest BCUT2D eigenvalue weighted by atomic mass is 35.5. The van der Waals surface area contributed by atoms with E-state index in [1.54, 1.807) is 6.07 Å². The summed E-state index contributed by atoms with van der Waals surface area (Å²) in [5.41, 5.74) is 5.22. The minimum absolute atomic E-state index is 0.0734. The van der Waals surface area contributed by atoms with Crippen molar-refractivity contribution in [2.75, 3.05) is 6.61 Å². The van der Waals surface area contributed by atoms with Gasteiger partial charge in [0.25, 0.3) is 0 Å². The van der Waals surface area contributed by atoms with E-state index in [1.807, 2.05) is 13.8 Å². The molecule has 0 saturated heterocycles. The summed E-state index contributed by atoms with van der Waals surface area (Å²) >= 11 is 5.88. The van der Waals surface area contributed by atoms with Gasteiger partial charge in [-0.05, 0) is 19.4 Å². The van der Waals surface area contributed by atoms with Gasteiger partial charge in [0.05, 0.1) is 9.95 Å². The summed E-state index contributed by atoms with van der Waals surface area (Å²) in [5.74, 6) is 0.0734. The molecule has 1 aromatic carbocycles. The lowest BCUT2D eigenvalue weighted by Gasteiger charge is -2.22. The van der Waals surface area contributed by atoms with Crippen molar-refractivity contribution in [2.24, 2.45) is 5.73 Å². The fourth-order valence-corrected chi connectivity index (χ4v) is 1.35. The first-order valence-corrected chi connectivity index (χ1v) is 5.60. The number of para-hydroxylation sites is 1. The molecule has 0 aliphatic heterocycles. The maximum atomic E-state index is 10.8. The number of halogens is 1. The van der Waals surface area contributed by atoms with E-state index in [-0.39, 0.29) is 23.1 Å².